The first-order valence-electron chi connectivity index (χ1n) is 6.63. The number of nitrogens with zero attached hydrogens (tertiary/aromatic N) is 1. The molecule has 1 heterocycles. The fourth-order valence-electron chi connectivity index (χ4n) is 2.94. The monoisotopic (exact) mass is 240 g/mol. The number of hydrogen-bond acceptors (Lipinski definition) is 3. The lowest BCUT2D eigenvalue weighted by Crippen LogP contribution is -2.48. The minimum Gasteiger partial charge on any atom is -0.384 e. The predicted octanol–water partition coefficient (Wildman–Crippen LogP) is 0.871. The van der Waals surface area contributed by atoms with Gasteiger partial charge in [0.15, 0.2) is 0 Å². The third-order valence-electron chi connectivity index (χ3n) is 4.22. The molecule has 1 amide bonds. The van der Waals surface area contributed by atoms with E-state index in [0.29, 0.717) is 6.61 Å². The molecule has 4 heteroatoms. The Balaban J connectivity index is 1.94. The van der Waals surface area contributed by atoms with Crippen LogP contribution in [0, 0.1) is 11.3 Å². The highest BCUT2D eigenvalue weighted by Crippen LogP contribution is 2.31. The largest absolute Gasteiger partial charge is 0.384 e. The maximum Gasteiger partial charge on any atom is 0.232 e. The van der Waals surface area contributed by atoms with Crippen LogP contribution in [0.4, 0.5) is 0 Å². The zero-order valence-corrected chi connectivity index (χ0v) is 11.0. The molecule has 1 N–H and O–H groups in total. The molecule has 0 aromatic rings. The topological polar surface area (TPSA) is 41.6 Å². The van der Waals surface area contributed by atoms with Crippen molar-refractivity contribution in [3.8, 4) is 0 Å². The number of methoxy groups -OCH3 is 1. The SMILES string of the molecule is COCC1(C(=O)N(C)CC2CCC2)CCNC1. The standard InChI is InChI=1S/C13H24N2O2/c1-15(8-11-4-3-5-11)12(16)13(10-17-2)6-7-14-9-13/h11,14H,3-10H2,1-2H3. The number of hydrogen-bond donors (Lipinski definition) is 1. The molecule has 0 aromatic carbocycles. The van der Waals surface area contributed by atoms with E-state index in [9.17, 15) is 4.79 Å². The van der Waals surface area contributed by atoms with E-state index in [1.807, 2.05) is 11.9 Å². The van der Waals surface area contributed by atoms with Gasteiger partial charge in [0.25, 0.3) is 0 Å². The summed E-state index contributed by atoms with van der Waals surface area (Å²) in [4.78, 5) is 14.5. The zero-order valence-electron chi connectivity index (χ0n) is 11.0. The molecule has 98 valence electrons. The highest BCUT2D eigenvalue weighted by atomic mass is 16.5. The maximum atomic E-state index is 12.5. The van der Waals surface area contributed by atoms with Crippen LogP contribution < -0.4 is 5.32 Å². The molecule has 17 heavy (non-hydrogen) atoms. The van der Waals surface area contributed by atoms with Crippen LogP contribution in [0.25, 0.3) is 0 Å². The van der Waals surface area contributed by atoms with Crippen LogP contribution in [0.1, 0.15) is 25.7 Å². The summed E-state index contributed by atoms with van der Waals surface area (Å²) in [6.45, 7) is 3.14. The summed E-state index contributed by atoms with van der Waals surface area (Å²) >= 11 is 0. The smallest absolute Gasteiger partial charge is 0.232 e. The van der Waals surface area contributed by atoms with Crippen LogP contribution in [0.3, 0.4) is 0 Å². The second-order valence-corrected chi connectivity index (χ2v) is 5.62. The first kappa shape index (κ1) is 12.8. The first-order chi connectivity index (χ1) is 8.18. The number of carbonyl (C=O) groups excluding carboxylic acids is 1. The van der Waals surface area contributed by atoms with Crippen molar-refractivity contribution in [3.63, 3.8) is 0 Å². The predicted molar refractivity (Wildman–Crippen MR) is 66.8 cm³/mol. The van der Waals surface area contributed by atoms with E-state index >= 15 is 0 Å². The number of carbonyl (C=O) groups is 1. The Morgan fingerprint density at radius 1 is 1.53 bits per heavy atom. The van der Waals surface area contributed by atoms with Gasteiger partial charge in [-0.2, -0.15) is 0 Å². The molecule has 4 nitrogen and oxygen atoms in total. The van der Waals surface area contributed by atoms with Crippen LogP contribution in [0.2, 0.25) is 0 Å². The van der Waals surface area contributed by atoms with Gasteiger partial charge in [0.1, 0.15) is 0 Å². The van der Waals surface area contributed by atoms with E-state index < -0.39 is 0 Å². The molecule has 1 unspecified atom stereocenters. The molecule has 1 aliphatic carbocycles. The summed E-state index contributed by atoms with van der Waals surface area (Å²) in [6, 6.07) is 0. The number of rotatable bonds is 5. The molecular formula is C13H24N2O2. The lowest BCUT2D eigenvalue weighted by molar-refractivity contribution is -0.143. The van der Waals surface area contributed by atoms with Gasteiger partial charge >= 0.3 is 0 Å². The number of amides is 1. The summed E-state index contributed by atoms with van der Waals surface area (Å²) < 4.78 is 5.26. The van der Waals surface area contributed by atoms with Crippen molar-refractivity contribution in [3.05, 3.63) is 0 Å². The summed E-state index contributed by atoms with van der Waals surface area (Å²) in [7, 11) is 3.62. The molecule has 1 saturated carbocycles. The summed E-state index contributed by atoms with van der Waals surface area (Å²) in [6.07, 6.45) is 4.80. The Labute approximate surface area is 104 Å². The quantitative estimate of drug-likeness (QED) is 0.775. The van der Waals surface area contributed by atoms with Crippen molar-refractivity contribution in [2.45, 2.75) is 25.7 Å². The first-order valence-corrected chi connectivity index (χ1v) is 6.63. The molecule has 2 rings (SSSR count). The van der Waals surface area contributed by atoms with Crippen molar-refractivity contribution < 1.29 is 9.53 Å². The van der Waals surface area contributed by atoms with Crippen molar-refractivity contribution in [2.75, 3.05) is 40.4 Å². The fourth-order valence-corrected chi connectivity index (χ4v) is 2.94. The molecule has 0 spiro atoms. The summed E-state index contributed by atoms with van der Waals surface area (Å²) in [5.41, 5.74) is -0.312. The van der Waals surface area contributed by atoms with Crippen LogP contribution in [-0.2, 0) is 9.53 Å². The third kappa shape index (κ3) is 2.63. The van der Waals surface area contributed by atoms with Gasteiger partial charge in [-0.25, -0.2) is 0 Å². The molecule has 2 fully saturated rings. The highest BCUT2D eigenvalue weighted by Gasteiger charge is 2.43. The highest BCUT2D eigenvalue weighted by molar-refractivity contribution is 5.83. The molecular weight excluding hydrogens is 216 g/mol. The molecule has 2 aliphatic rings. The minimum atomic E-state index is -0.312. The third-order valence-corrected chi connectivity index (χ3v) is 4.22. The average Bonchev–Trinajstić information content (AvgIpc) is 2.72. The summed E-state index contributed by atoms with van der Waals surface area (Å²) in [5, 5.41) is 3.29. The Kier molecular flexibility index (Phi) is 4.05. The second kappa shape index (κ2) is 5.36. The van der Waals surface area contributed by atoms with E-state index in [4.69, 9.17) is 4.74 Å². The lowest BCUT2D eigenvalue weighted by atomic mass is 9.83. The van der Waals surface area contributed by atoms with Crippen molar-refractivity contribution in [1.82, 2.24) is 10.2 Å². The van der Waals surface area contributed by atoms with Crippen molar-refractivity contribution in [2.24, 2.45) is 11.3 Å². The van der Waals surface area contributed by atoms with Crippen molar-refractivity contribution in [1.29, 1.82) is 0 Å². The number of nitrogens with one attached hydrogen (secondary N) is 1. The van der Waals surface area contributed by atoms with Crippen LogP contribution in [0.15, 0.2) is 0 Å². The van der Waals surface area contributed by atoms with Gasteiger partial charge in [0.05, 0.1) is 12.0 Å². The van der Waals surface area contributed by atoms with Gasteiger partial charge in [0.2, 0.25) is 5.91 Å². The van der Waals surface area contributed by atoms with Gasteiger partial charge in [-0.15, -0.1) is 0 Å². The van der Waals surface area contributed by atoms with Gasteiger partial charge in [-0.1, -0.05) is 6.42 Å². The van der Waals surface area contributed by atoms with Crippen molar-refractivity contribution >= 4 is 5.91 Å². The molecule has 0 bridgehead atoms. The minimum absolute atomic E-state index is 0.260. The normalized spacial score (nSPS) is 29.1. The summed E-state index contributed by atoms with van der Waals surface area (Å²) in [5.74, 6) is 0.995. The molecule has 1 saturated heterocycles. The van der Waals surface area contributed by atoms with E-state index in [-0.39, 0.29) is 11.3 Å². The molecule has 1 aliphatic heterocycles. The lowest BCUT2D eigenvalue weighted by Gasteiger charge is -2.35. The van der Waals surface area contributed by atoms with E-state index in [1.165, 1.54) is 19.3 Å². The van der Waals surface area contributed by atoms with Gasteiger partial charge < -0.3 is 15.0 Å². The van der Waals surface area contributed by atoms with Crippen LogP contribution >= 0.6 is 0 Å². The maximum absolute atomic E-state index is 12.5. The van der Waals surface area contributed by atoms with E-state index in [0.717, 1.165) is 32.0 Å². The Morgan fingerprint density at radius 2 is 2.29 bits per heavy atom. The van der Waals surface area contributed by atoms with Gasteiger partial charge in [-0.05, 0) is 31.7 Å². The molecule has 0 radical (unpaired) electrons. The Morgan fingerprint density at radius 3 is 2.76 bits per heavy atom. The fraction of sp³-hybridized carbons (Fsp3) is 0.923. The molecule has 1 atom stereocenters. The Hall–Kier alpha value is -0.610. The Bertz CT molecular complexity index is 271. The van der Waals surface area contributed by atoms with Gasteiger partial charge in [0, 0.05) is 27.2 Å². The van der Waals surface area contributed by atoms with Crippen LogP contribution in [-0.4, -0.2) is 51.2 Å². The van der Waals surface area contributed by atoms with Crippen LogP contribution in [0.5, 0.6) is 0 Å². The van der Waals surface area contributed by atoms with E-state index in [2.05, 4.69) is 5.32 Å². The average molecular weight is 240 g/mol. The zero-order chi connectivity index (χ0) is 12.3. The molecule has 0 aromatic heterocycles. The second-order valence-electron chi connectivity index (χ2n) is 5.62. The van der Waals surface area contributed by atoms with Gasteiger partial charge in [-0.3, -0.25) is 4.79 Å². The number of ether oxygens (including phenoxy) is 1. The van der Waals surface area contributed by atoms with E-state index in [1.54, 1.807) is 7.11 Å².